The van der Waals surface area contributed by atoms with Gasteiger partial charge in [0.25, 0.3) is 0 Å². The van der Waals surface area contributed by atoms with E-state index in [2.05, 4.69) is 24.4 Å². The molecule has 0 fully saturated rings. The minimum atomic E-state index is -1.13. The molecule has 0 saturated carbocycles. The number of fused-ring (bicyclic) bond motifs is 1. The summed E-state index contributed by atoms with van der Waals surface area (Å²) in [5.41, 5.74) is 4.25. The third-order valence-electron chi connectivity index (χ3n) is 5.50. The highest BCUT2D eigenvalue weighted by Gasteiger charge is 2.40. The number of nitrogens with zero attached hydrogens (tertiary/aromatic N) is 1. The normalized spacial score (nSPS) is 13.9. The van der Waals surface area contributed by atoms with Gasteiger partial charge in [-0.15, -0.1) is 0 Å². The minimum Gasteiger partial charge on any atom is -0.337 e. The summed E-state index contributed by atoms with van der Waals surface area (Å²) in [6, 6.07) is 14.2. The Bertz CT molecular complexity index is 870. The van der Waals surface area contributed by atoms with Gasteiger partial charge in [-0.2, -0.15) is 0 Å². The number of benzene rings is 2. The number of aryl methyl sites for hydroxylation is 2. The predicted octanol–water partition coefficient (Wildman–Crippen LogP) is 4.11. The van der Waals surface area contributed by atoms with E-state index in [0.29, 0.717) is 13.1 Å². The molecule has 0 aromatic heterocycles. The Balaban J connectivity index is 1.78. The van der Waals surface area contributed by atoms with Crippen LogP contribution in [0.2, 0.25) is 0 Å². The lowest BCUT2D eigenvalue weighted by molar-refractivity contribution is -0.147. The number of rotatable bonds is 4. The Morgan fingerprint density at radius 1 is 1.07 bits per heavy atom. The number of hydrogen-bond donors (Lipinski definition) is 1. The maximum Gasteiger partial charge on any atom is 0.239 e. The lowest BCUT2D eigenvalue weighted by Crippen LogP contribution is -2.48. The van der Waals surface area contributed by atoms with Crippen molar-refractivity contribution in [2.45, 2.75) is 47.1 Å². The van der Waals surface area contributed by atoms with E-state index in [0.717, 1.165) is 29.7 Å². The molecular formula is C23H28N2O2. The van der Waals surface area contributed by atoms with Gasteiger partial charge in [-0.3, -0.25) is 9.59 Å². The lowest BCUT2D eigenvalue weighted by Gasteiger charge is -2.34. The third-order valence-corrected chi connectivity index (χ3v) is 5.50. The highest BCUT2D eigenvalue weighted by Crippen LogP contribution is 2.28. The molecule has 142 valence electrons. The van der Waals surface area contributed by atoms with E-state index in [1.165, 1.54) is 11.1 Å². The molecule has 0 atom stereocenters. The molecule has 0 radical (unpaired) electrons. The van der Waals surface area contributed by atoms with Crippen molar-refractivity contribution >= 4 is 17.5 Å². The number of carbonyl (C=O) groups excluding carboxylic acids is 2. The maximum absolute atomic E-state index is 13.2. The first-order chi connectivity index (χ1) is 12.8. The Kier molecular flexibility index (Phi) is 5.36. The van der Waals surface area contributed by atoms with Crippen LogP contribution in [0.3, 0.4) is 0 Å². The van der Waals surface area contributed by atoms with E-state index in [9.17, 15) is 9.59 Å². The quantitative estimate of drug-likeness (QED) is 0.830. The standard InChI is InChI=1S/C23H28N2O2/c1-5-17-12-8-9-16(2)20(17)24-21(26)23(3,4)22(27)25-14-13-18-10-6-7-11-19(18)15-25/h6-12H,5,13-15H2,1-4H3,(H,24,26). The Morgan fingerprint density at radius 3 is 2.48 bits per heavy atom. The van der Waals surface area contributed by atoms with Crippen molar-refractivity contribution in [3.63, 3.8) is 0 Å². The van der Waals surface area contributed by atoms with Gasteiger partial charge in [-0.05, 0) is 55.9 Å². The zero-order valence-corrected chi connectivity index (χ0v) is 16.6. The van der Waals surface area contributed by atoms with E-state index in [1.807, 2.05) is 37.3 Å². The lowest BCUT2D eigenvalue weighted by atomic mass is 9.88. The second-order valence-electron chi connectivity index (χ2n) is 7.79. The first kappa shape index (κ1) is 19.2. The third kappa shape index (κ3) is 3.75. The van der Waals surface area contributed by atoms with Gasteiger partial charge >= 0.3 is 0 Å². The highest BCUT2D eigenvalue weighted by atomic mass is 16.2. The molecule has 2 amide bonds. The Morgan fingerprint density at radius 2 is 1.78 bits per heavy atom. The largest absolute Gasteiger partial charge is 0.337 e. The molecule has 1 heterocycles. The molecule has 2 aromatic rings. The first-order valence-electron chi connectivity index (χ1n) is 9.60. The van der Waals surface area contributed by atoms with Gasteiger partial charge in [0, 0.05) is 18.8 Å². The van der Waals surface area contributed by atoms with Gasteiger partial charge in [0.2, 0.25) is 11.8 Å². The fourth-order valence-electron chi connectivity index (χ4n) is 3.63. The fraction of sp³-hybridized carbons (Fsp3) is 0.391. The highest BCUT2D eigenvalue weighted by molar-refractivity contribution is 6.10. The summed E-state index contributed by atoms with van der Waals surface area (Å²) in [6.45, 7) is 8.69. The summed E-state index contributed by atoms with van der Waals surface area (Å²) in [4.78, 5) is 28.0. The van der Waals surface area contributed by atoms with Crippen molar-refractivity contribution in [3.05, 3.63) is 64.7 Å². The molecule has 2 aromatic carbocycles. The summed E-state index contributed by atoms with van der Waals surface area (Å²) in [7, 11) is 0. The van der Waals surface area contributed by atoms with Crippen LogP contribution >= 0.6 is 0 Å². The van der Waals surface area contributed by atoms with Crippen LogP contribution in [0, 0.1) is 12.3 Å². The molecule has 4 nitrogen and oxygen atoms in total. The second-order valence-corrected chi connectivity index (χ2v) is 7.79. The Hall–Kier alpha value is -2.62. The smallest absolute Gasteiger partial charge is 0.239 e. The van der Waals surface area contributed by atoms with E-state index in [4.69, 9.17) is 0 Å². The first-order valence-corrected chi connectivity index (χ1v) is 9.60. The number of carbonyl (C=O) groups is 2. The molecule has 27 heavy (non-hydrogen) atoms. The molecule has 3 rings (SSSR count). The zero-order chi connectivity index (χ0) is 19.6. The van der Waals surface area contributed by atoms with E-state index < -0.39 is 5.41 Å². The van der Waals surface area contributed by atoms with E-state index >= 15 is 0 Å². The van der Waals surface area contributed by atoms with Crippen molar-refractivity contribution in [2.75, 3.05) is 11.9 Å². The molecule has 1 aliphatic heterocycles. The van der Waals surface area contributed by atoms with Crippen molar-refractivity contribution < 1.29 is 9.59 Å². The molecular weight excluding hydrogens is 336 g/mol. The van der Waals surface area contributed by atoms with Gasteiger partial charge in [-0.25, -0.2) is 0 Å². The van der Waals surface area contributed by atoms with Gasteiger partial charge in [0.1, 0.15) is 5.41 Å². The summed E-state index contributed by atoms with van der Waals surface area (Å²) in [5.74, 6) is -0.378. The number of nitrogens with one attached hydrogen (secondary N) is 1. The number of hydrogen-bond acceptors (Lipinski definition) is 2. The molecule has 4 heteroatoms. The summed E-state index contributed by atoms with van der Waals surface area (Å²) >= 11 is 0. The SMILES string of the molecule is CCc1cccc(C)c1NC(=O)C(C)(C)C(=O)N1CCc2ccccc2C1. The molecule has 0 bridgehead atoms. The summed E-state index contributed by atoms with van der Waals surface area (Å²) < 4.78 is 0. The van der Waals surface area contributed by atoms with E-state index in [-0.39, 0.29) is 11.8 Å². The molecule has 0 aliphatic carbocycles. The molecule has 0 spiro atoms. The number of anilines is 1. The topological polar surface area (TPSA) is 49.4 Å². The fourth-order valence-corrected chi connectivity index (χ4v) is 3.63. The predicted molar refractivity (Wildman–Crippen MR) is 109 cm³/mol. The van der Waals surface area contributed by atoms with Crippen LogP contribution in [-0.2, 0) is 29.0 Å². The van der Waals surface area contributed by atoms with Gasteiger partial charge < -0.3 is 10.2 Å². The number of para-hydroxylation sites is 1. The average Bonchev–Trinajstić information content (AvgIpc) is 2.68. The van der Waals surface area contributed by atoms with Crippen LogP contribution in [0.25, 0.3) is 0 Å². The van der Waals surface area contributed by atoms with Crippen LogP contribution in [0.1, 0.15) is 43.0 Å². The molecule has 1 N–H and O–H groups in total. The van der Waals surface area contributed by atoms with Crippen LogP contribution < -0.4 is 5.32 Å². The minimum absolute atomic E-state index is 0.124. The van der Waals surface area contributed by atoms with Crippen molar-refractivity contribution in [1.29, 1.82) is 0 Å². The second kappa shape index (κ2) is 7.55. The van der Waals surface area contributed by atoms with Gasteiger partial charge in [0.05, 0.1) is 0 Å². The molecule has 0 unspecified atom stereocenters. The van der Waals surface area contributed by atoms with Crippen molar-refractivity contribution in [1.82, 2.24) is 4.90 Å². The Labute approximate surface area is 161 Å². The van der Waals surface area contributed by atoms with Crippen LogP contribution in [0.15, 0.2) is 42.5 Å². The van der Waals surface area contributed by atoms with E-state index in [1.54, 1.807) is 18.7 Å². The van der Waals surface area contributed by atoms with Crippen LogP contribution in [-0.4, -0.2) is 23.3 Å². The van der Waals surface area contributed by atoms with Crippen LogP contribution in [0.4, 0.5) is 5.69 Å². The maximum atomic E-state index is 13.2. The zero-order valence-electron chi connectivity index (χ0n) is 16.6. The van der Waals surface area contributed by atoms with Crippen LogP contribution in [0.5, 0.6) is 0 Å². The monoisotopic (exact) mass is 364 g/mol. The molecule has 1 aliphatic rings. The van der Waals surface area contributed by atoms with Gasteiger partial charge in [0.15, 0.2) is 0 Å². The van der Waals surface area contributed by atoms with Crippen molar-refractivity contribution in [3.8, 4) is 0 Å². The average molecular weight is 364 g/mol. The number of amides is 2. The summed E-state index contributed by atoms with van der Waals surface area (Å²) in [6.07, 6.45) is 1.66. The van der Waals surface area contributed by atoms with Gasteiger partial charge in [-0.1, -0.05) is 49.4 Å². The van der Waals surface area contributed by atoms with Crippen molar-refractivity contribution in [2.24, 2.45) is 5.41 Å². The summed E-state index contributed by atoms with van der Waals surface area (Å²) in [5, 5.41) is 3.02. The molecule has 0 saturated heterocycles.